The Morgan fingerprint density at radius 1 is 1.07 bits per heavy atom. The van der Waals surface area contributed by atoms with Crippen LogP contribution in [-0.2, 0) is 15.7 Å². The van der Waals surface area contributed by atoms with Crippen molar-refractivity contribution in [2.45, 2.75) is 82.5 Å². The van der Waals surface area contributed by atoms with Crippen LogP contribution in [0.3, 0.4) is 0 Å². The van der Waals surface area contributed by atoms with Crippen LogP contribution in [0.2, 0.25) is 0 Å². The second-order valence-electron chi connectivity index (χ2n) is 13.0. The first-order chi connectivity index (χ1) is 20.0. The number of hydrogen-bond donors (Lipinski definition) is 0. The van der Waals surface area contributed by atoms with Gasteiger partial charge in [0.2, 0.25) is 5.91 Å². The van der Waals surface area contributed by atoms with Gasteiger partial charge in [-0.05, 0) is 88.6 Å². The summed E-state index contributed by atoms with van der Waals surface area (Å²) in [6.07, 6.45) is 9.82. The summed E-state index contributed by atoms with van der Waals surface area (Å²) in [6.45, 7) is 12.0. The number of anilines is 1. The molecule has 0 bridgehead atoms. The van der Waals surface area contributed by atoms with Crippen molar-refractivity contribution in [3.63, 3.8) is 0 Å². The van der Waals surface area contributed by atoms with Crippen LogP contribution in [0.1, 0.15) is 75.8 Å². The first kappa shape index (κ1) is 30.7. The molecule has 230 valence electrons. The third-order valence-corrected chi connectivity index (χ3v) is 10.1. The van der Waals surface area contributed by atoms with Gasteiger partial charge in [-0.25, -0.2) is 0 Å². The number of allylic oxidation sites excluding steroid dienone is 3. The molecular weight excluding hydrogens is 539 g/mol. The highest BCUT2D eigenvalue weighted by atomic mass is 19.4. The Morgan fingerprint density at radius 2 is 1.83 bits per heavy atom. The van der Waals surface area contributed by atoms with Crippen LogP contribution >= 0.6 is 0 Å². The molecule has 3 aliphatic heterocycles. The van der Waals surface area contributed by atoms with Gasteiger partial charge in [0.1, 0.15) is 0 Å². The van der Waals surface area contributed by atoms with Crippen LogP contribution in [0, 0.1) is 11.8 Å². The second-order valence-corrected chi connectivity index (χ2v) is 13.0. The predicted octanol–water partition coefficient (Wildman–Crippen LogP) is 7.16. The smallest absolute Gasteiger partial charge is 0.416 e. The molecule has 8 heteroatoms. The van der Waals surface area contributed by atoms with Crippen molar-refractivity contribution < 1.29 is 22.7 Å². The SMILES string of the molecule is C=CC(C)(C)N1CC[C@H](C(=O)N2CCC(c3ccc(C(F)(F)F)cc3N3CCCCC3)CC2C2C=CC=C(OC)C2)C1. The van der Waals surface area contributed by atoms with E-state index >= 15 is 0 Å². The summed E-state index contributed by atoms with van der Waals surface area (Å²) in [5.74, 6) is 1.19. The van der Waals surface area contributed by atoms with Crippen LogP contribution < -0.4 is 4.90 Å². The van der Waals surface area contributed by atoms with E-state index in [0.717, 1.165) is 75.2 Å². The molecule has 0 radical (unpaired) electrons. The highest BCUT2D eigenvalue weighted by molar-refractivity contribution is 5.80. The number of likely N-dealkylation sites (tertiary alicyclic amines) is 2. The number of benzene rings is 1. The van der Waals surface area contributed by atoms with Gasteiger partial charge in [-0.15, -0.1) is 6.58 Å². The molecular formula is C34H46F3N3O2. The Bertz CT molecular complexity index is 1200. The van der Waals surface area contributed by atoms with Crippen molar-refractivity contribution in [2.24, 2.45) is 11.8 Å². The number of methoxy groups -OCH3 is 1. The number of carbonyl (C=O) groups excluding carboxylic acids is 1. The van der Waals surface area contributed by atoms with Crippen LogP contribution in [0.25, 0.3) is 0 Å². The topological polar surface area (TPSA) is 36.0 Å². The summed E-state index contributed by atoms with van der Waals surface area (Å²) in [7, 11) is 1.68. The van der Waals surface area contributed by atoms with E-state index in [4.69, 9.17) is 4.74 Å². The Kier molecular flexibility index (Phi) is 9.12. The fraction of sp³-hybridized carbons (Fsp3) is 0.618. The number of halogens is 3. The van der Waals surface area contributed by atoms with Gasteiger partial charge in [0, 0.05) is 55.8 Å². The number of hydrogen-bond acceptors (Lipinski definition) is 4. The first-order valence-electron chi connectivity index (χ1n) is 15.6. The van der Waals surface area contributed by atoms with Crippen molar-refractivity contribution in [1.82, 2.24) is 9.80 Å². The van der Waals surface area contributed by atoms with Crippen molar-refractivity contribution in [3.05, 3.63) is 66.0 Å². The average Bonchev–Trinajstić information content (AvgIpc) is 3.52. The molecule has 3 saturated heterocycles. The Hall–Kier alpha value is -2.74. The molecule has 1 aromatic rings. The molecule has 5 rings (SSSR count). The standard InChI is InChI=1S/C34H46F3N3O2/c1-5-33(2,3)39-18-14-26(23-39)32(41)40-19-15-24(21-30(40)25-10-9-11-28(20-25)42-4)29-13-12-27(34(35,36)37)22-31(29)38-16-7-6-8-17-38/h5,9-13,22,24-26,30H,1,6-8,14-21,23H2,2-4H3/t24?,25?,26-,30?/m0/s1. The molecule has 1 aromatic carbocycles. The Balaban J connectivity index is 1.43. The number of alkyl halides is 3. The van der Waals surface area contributed by atoms with Crippen molar-refractivity contribution >= 4 is 11.6 Å². The van der Waals surface area contributed by atoms with E-state index in [-0.39, 0.29) is 35.2 Å². The lowest BCUT2D eigenvalue weighted by atomic mass is 9.77. The van der Waals surface area contributed by atoms with Gasteiger partial charge in [0.05, 0.1) is 24.4 Å². The van der Waals surface area contributed by atoms with E-state index in [2.05, 4.69) is 41.2 Å². The quantitative estimate of drug-likeness (QED) is 0.318. The fourth-order valence-corrected chi connectivity index (χ4v) is 7.37. The minimum Gasteiger partial charge on any atom is -0.501 e. The van der Waals surface area contributed by atoms with Gasteiger partial charge in [-0.2, -0.15) is 13.2 Å². The minimum absolute atomic E-state index is 0.0516. The zero-order valence-corrected chi connectivity index (χ0v) is 25.3. The summed E-state index contributed by atoms with van der Waals surface area (Å²) < 4.78 is 47.0. The number of piperidine rings is 2. The number of amides is 1. The third kappa shape index (κ3) is 6.43. The molecule has 4 atom stereocenters. The van der Waals surface area contributed by atoms with Gasteiger partial charge < -0.3 is 14.5 Å². The molecule has 3 heterocycles. The van der Waals surface area contributed by atoms with Gasteiger partial charge in [-0.3, -0.25) is 9.69 Å². The maximum absolute atomic E-state index is 14.1. The molecule has 0 N–H and O–H groups in total. The number of carbonyl (C=O) groups is 1. The van der Waals surface area contributed by atoms with Gasteiger partial charge in [-0.1, -0.05) is 24.3 Å². The lowest BCUT2D eigenvalue weighted by Crippen LogP contribution is -2.52. The van der Waals surface area contributed by atoms with E-state index in [1.54, 1.807) is 13.2 Å². The van der Waals surface area contributed by atoms with Crippen molar-refractivity contribution in [3.8, 4) is 0 Å². The monoisotopic (exact) mass is 585 g/mol. The summed E-state index contributed by atoms with van der Waals surface area (Å²) >= 11 is 0. The van der Waals surface area contributed by atoms with Crippen LogP contribution in [0.5, 0.6) is 0 Å². The molecule has 0 aromatic heterocycles. The van der Waals surface area contributed by atoms with Gasteiger partial charge in [0.15, 0.2) is 0 Å². The first-order valence-corrected chi connectivity index (χ1v) is 15.6. The molecule has 5 nitrogen and oxygen atoms in total. The molecule has 1 aliphatic carbocycles. The largest absolute Gasteiger partial charge is 0.501 e. The maximum Gasteiger partial charge on any atom is 0.416 e. The second kappa shape index (κ2) is 12.5. The van der Waals surface area contributed by atoms with E-state index in [9.17, 15) is 18.0 Å². The maximum atomic E-state index is 14.1. The van der Waals surface area contributed by atoms with E-state index in [1.807, 2.05) is 18.2 Å². The molecule has 3 unspecified atom stereocenters. The predicted molar refractivity (Wildman–Crippen MR) is 161 cm³/mol. The highest BCUT2D eigenvalue weighted by Crippen LogP contribution is 2.44. The zero-order chi connectivity index (χ0) is 30.1. The molecule has 4 aliphatic rings. The Labute approximate surface area is 249 Å². The van der Waals surface area contributed by atoms with E-state index < -0.39 is 11.7 Å². The molecule has 3 fully saturated rings. The van der Waals surface area contributed by atoms with Gasteiger partial charge in [0.25, 0.3) is 0 Å². The van der Waals surface area contributed by atoms with Crippen molar-refractivity contribution in [2.75, 3.05) is 44.7 Å². The summed E-state index contributed by atoms with van der Waals surface area (Å²) in [5.41, 5.74) is 0.959. The van der Waals surface area contributed by atoms with Crippen LogP contribution in [0.4, 0.5) is 18.9 Å². The third-order valence-electron chi connectivity index (χ3n) is 10.1. The van der Waals surface area contributed by atoms with Crippen LogP contribution in [-0.4, -0.2) is 67.1 Å². The lowest BCUT2D eigenvalue weighted by molar-refractivity contribution is -0.140. The lowest BCUT2D eigenvalue weighted by Gasteiger charge is -2.45. The average molecular weight is 586 g/mol. The number of ether oxygens (including phenoxy) is 1. The van der Waals surface area contributed by atoms with Gasteiger partial charge >= 0.3 is 6.18 Å². The molecule has 0 spiro atoms. The summed E-state index contributed by atoms with van der Waals surface area (Å²) in [5, 5.41) is 0. The normalized spacial score (nSPS) is 27.6. The van der Waals surface area contributed by atoms with Crippen molar-refractivity contribution in [1.29, 1.82) is 0 Å². The summed E-state index contributed by atoms with van der Waals surface area (Å²) in [4.78, 5) is 20.7. The van der Waals surface area contributed by atoms with E-state index in [1.165, 1.54) is 12.1 Å². The number of rotatable bonds is 7. The highest BCUT2D eigenvalue weighted by Gasteiger charge is 2.43. The molecule has 0 saturated carbocycles. The van der Waals surface area contributed by atoms with Crippen LogP contribution in [0.15, 0.2) is 54.8 Å². The van der Waals surface area contributed by atoms with E-state index in [0.29, 0.717) is 19.5 Å². The Morgan fingerprint density at radius 3 is 2.52 bits per heavy atom. The minimum atomic E-state index is -4.38. The molecule has 1 amide bonds. The fourth-order valence-electron chi connectivity index (χ4n) is 7.37. The zero-order valence-electron chi connectivity index (χ0n) is 25.3. The summed E-state index contributed by atoms with van der Waals surface area (Å²) in [6, 6.07) is 4.28. The number of nitrogens with zero attached hydrogens (tertiary/aromatic N) is 3. The molecule has 42 heavy (non-hydrogen) atoms.